The van der Waals surface area contributed by atoms with Crippen molar-refractivity contribution in [3.63, 3.8) is 0 Å². The molecular weight excluding hydrogens is 188 g/mol. The molecule has 1 aromatic carbocycles. The quantitative estimate of drug-likeness (QED) is 0.789. The first-order valence-corrected chi connectivity index (χ1v) is 5.16. The fraction of sp³-hybridized carbons (Fsp3) is 0.500. The topological polar surface area (TPSA) is 47.3 Å². The first-order chi connectivity index (χ1) is 7.13. The number of benzene rings is 1. The predicted molar refractivity (Wildman–Crippen MR) is 63.3 cm³/mol. The van der Waals surface area contributed by atoms with Crippen molar-refractivity contribution in [2.24, 2.45) is 5.73 Å². The summed E-state index contributed by atoms with van der Waals surface area (Å²) in [6.45, 7) is 4.73. The number of hydrogen-bond acceptors (Lipinski definition) is 3. The van der Waals surface area contributed by atoms with Crippen molar-refractivity contribution in [1.29, 1.82) is 0 Å². The minimum Gasteiger partial charge on any atom is -0.496 e. The van der Waals surface area contributed by atoms with E-state index < -0.39 is 0 Å². The van der Waals surface area contributed by atoms with Crippen LogP contribution in [0.5, 0.6) is 5.75 Å². The summed E-state index contributed by atoms with van der Waals surface area (Å²) < 4.78 is 5.28. The zero-order chi connectivity index (χ0) is 11.4. The van der Waals surface area contributed by atoms with Crippen molar-refractivity contribution in [1.82, 2.24) is 5.32 Å². The Morgan fingerprint density at radius 3 is 2.47 bits per heavy atom. The molecule has 1 unspecified atom stereocenters. The summed E-state index contributed by atoms with van der Waals surface area (Å²) in [6.07, 6.45) is 0. The van der Waals surface area contributed by atoms with Gasteiger partial charge in [0.05, 0.1) is 7.11 Å². The maximum absolute atomic E-state index is 5.71. The number of ether oxygens (including phenoxy) is 1. The van der Waals surface area contributed by atoms with E-state index in [0.717, 1.165) is 11.3 Å². The van der Waals surface area contributed by atoms with Crippen LogP contribution < -0.4 is 15.8 Å². The lowest BCUT2D eigenvalue weighted by Crippen LogP contribution is -2.25. The van der Waals surface area contributed by atoms with Gasteiger partial charge in [0.15, 0.2) is 0 Å². The van der Waals surface area contributed by atoms with Crippen LogP contribution in [0.3, 0.4) is 0 Å². The van der Waals surface area contributed by atoms with Crippen molar-refractivity contribution in [3.8, 4) is 5.75 Å². The summed E-state index contributed by atoms with van der Waals surface area (Å²) >= 11 is 0. The summed E-state index contributed by atoms with van der Waals surface area (Å²) in [5, 5.41) is 3.21. The van der Waals surface area contributed by atoms with E-state index in [0.29, 0.717) is 6.54 Å². The highest BCUT2D eigenvalue weighted by atomic mass is 16.5. The summed E-state index contributed by atoms with van der Waals surface area (Å²) in [5.74, 6) is 0.933. The standard InChI is InChI=1S/C12H20N2O/c1-8-6-12(15-4)9(2)5-10(8)11(7-13)14-3/h5-6,11,14H,7,13H2,1-4H3. The third kappa shape index (κ3) is 2.49. The number of likely N-dealkylation sites (N-methyl/N-ethyl adjacent to an activating group) is 1. The molecule has 1 aromatic rings. The highest BCUT2D eigenvalue weighted by molar-refractivity contribution is 5.42. The van der Waals surface area contributed by atoms with Gasteiger partial charge >= 0.3 is 0 Å². The second kappa shape index (κ2) is 5.14. The Morgan fingerprint density at radius 2 is 2.00 bits per heavy atom. The molecule has 0 heterocycles. The molecule has 1 rings (SSSR count). The molecule has 0 fully saturated rings. The van der Waals surface area contributed by atoms with Gasteiger partial charge in [-0.3, -0.25) is 0 Å². The van der Waals surface area contributed by atoms with Crippen LogP contribution in [0.15, 0.2) is 12.1 Å². The van der Waals surface area contributed by atoms with Crippen molar-refractivity contribution < 1.29 is 4.74 Å². The molecule has 1 atom stereocenters. The minimum atomic E-state index is 0.217. The van der Waals surface area contributed by atoms with Crippen LogP contribution in [-0.2, 0) is 0 Å². The van der Waals surface area contributed by atoms with E-state index in [4.69, 9.17) is 10.5 Å². The van der Waals surface area contributed by atoms with Gasteiger partial charge in [0.25, 0.3) is 0 Å². The Kier molecular flexibility index (Phi) is 4.12. The minimum absolute atomic E-state index is 0.217. The van der Waals surface area contributed by atoms with E-state index in [9.17, 15) is 0 Å². The summed E-state index contributed by atoms with van der Waals surface area (Å²) in [6, 6.07) is 4.42. The highest BCUT2D eigenvalue weighted by Gasteiger charge is 2.12. The van der Waals surface area contributed by atoms with Crippen molar-refractivity contribution in [2.45, 2.75) is 19.9 Å². The molecule has 3 nitrogen and oxygen atoms in total. The number of nitrogens with one attached hydrogen (secondary N) is 1. The Labute approximate surface area is 91.6 Å². The van der Waals surface area contributed by atoms with E-state index in [1.807, 2.05) is 14.0 Å². The van der Waals surface area contributed by atoms with E-state index in [-0.39, 0.29) is 6.04 Å². The third-order valence-electron chi connectivity index (χ3n) is 2.74. The molecule has 15 heavy (non-hydrogen) atoms. The molecule has 0 radical (unpaired) electrons. The van der Waals surface area contributed by atoms with E-state index in [1.54, 1.807) is 7.11 Å². The molecule has 0 aromatic heterocycles. The van der Waals surface area contributed by atoms with Gasteiger partial charge in [-0.15, -0.1) is 0 Å². The van der Waals surface area contributed by atoms with Crippen LogP contribution in [0.1, 0.15) is 22.7 Å². The average Bonchev–Trinajstić information content (AvgIpc) is 2.24. The molecule has 0 aliphatic heterocycles. The highest BCUT2D eigenvalue weighted by Crippen LogP contribution is 2.25. The number of hydrogen-bond donors (Lipinski definition) is 2. The zero-order valence-electron chi connectivity index (χ0n) is 9.92. The summed E-state index contributed by atoms with van der Waals surface area (Å²) in [5.41, 5.74) is 9.32. The molecule has 0 bridgehead atoms. The van der Waals surface area contributed by atoms with Gasteiger partial charge < -0.3 is 15.8 Å². The van der Waals surface area contributed by atoms with Crippen LogP contribution in [0.25, 0.3) is 0 Å². The SMILES string of the molecule is CNC(CN)c1cc(C)c(OC)cc1C. The van der Waals surface area contributed by atoms with Crippen molar-refractivity contribution in [2.75, 3.05) is 20.7 Å². The van der Waals surface area contributed by atoms with Crippen LogP contribution in [0.4, 0.5) is 0 Å². The molecule has 3 N–H and O–H groups in total. The van der Waals surface area contributed by atoms with E-state index >= 15 is 0 Å². The molecule has 0 amide bonds. The maximum Gasteiger partial charge on any atom is 0.122 e. The lowest BCUT2D eigenvalue weighted by molar-refractivity contribution is 0.411. The van der Waals surface area contributed by atoms with E-state index in [1.165, 1.54) is 11.1 Å². The largest absolute Gasteiger partial charge is 0.496 e. The zero-order valence-corrected chi connectivity index (χ0v) is 9.92. The molecule has 0 spiro atoms. The predicted octanol–water partition coefficient (Wildman–Crippen LogP) is 1.53. The van der Waals surface area contributed by atoms with Gasteiger partial charge in [0.1, 0.15) is 5.75 Å². The smallest absolute Gasteiger partial charge is 0.122 e. The lowest BCUT2D eigenvalue weighted by atomic mass is 9.98. The van der Waals surface area contributed by atoms with Crippen LogP contribution in [0.2, 0.25) is 0 Å². The summed E-state index contributed by atoms with van der Waals surface area (Å²) in [4.78, 5) is 0. The Hall–Kier alpha value is -1.06. The van der Waals surface area contributed by atoms with Crippen LogP contribution in [-0.4, -0.2) is 20.7 Å². The van der Waals surface area contributed by atoms with Crippen molar-refractivity contribution in [3.05, 3.63) is 28.8 Å². The molecule has 0 aliphatic rings. The van der Waals surface area contributed by atoms with Crippen LogP contribution in [0, 0.1) is 13.8 Å². The second-order valence-electron chi connectivity index (χ2n) is 3.76. The molecule has 0 saturated carbocycles. The van der Waals surface area contributed by atoms with Gasteiger partial charge in [-0.05, 0) is 43.7 Å². The second-order valence-corrected chi connectivity index (χ2v) is 3.76. The monoisotopic (exact) mass is 208 g/mol. The number of nitrogens with two attached hydrogens (primary N) is 1. The third-order valence-corrected chi connectivity index (χ3v) is 2.74. The average molecular weight is 208 g/mol. The summed E-state index contributed by atoms with van der Waals surface area (Å²) in [7, 11) is 3.62. The van der Waals surface area contributed by atoms with Gasteiger partial charge in [0, 0.05) is 12.6 Å². The Morgan fingerprint density at radius 1 is 1.33 bits per heavy atom. The molecule has 0 aliphatic carbocycles. The molecule has 0 saturated heterocycles. The van der Waals surface area contributed by atoms with Crippen molar-refractivity contribution >= 4 is 0 Å². The van der Waals surface area contributed by atoms with Gasteiger partial charge in [-0.1, -0.05) is 6.07 Å². The number of aryl methyl sites for hydroxylation is 2. The first-order valence-electron chi connectivity index (χ1n) is 5.16. The maximum atomic E-state index is 5.71. The fourth-order valence-corrected chi connectivity index (χ4v) is 1.81. The van der Waals surface area contributed by atoms with Crippen LogP contribution >= 0.6 is 0 Å². The molecule has 84 valence electrons. The normalized spacial score (nSPS) is 12.6. The first kappa shape index (κ1) is 12.0. The van der Waals surface area contributed by atoms with E-state index in [2.05, 4.69) is 24.4 Å². The molecule has 3 heteroatoms. The van der Waals surface area contributed by atoms with Gasteiger partial charge in [-0.2, -0.15) is 0 Å². The lowest BCUT2D eigenvalue weighted by Gasteiger charge is -2.18. The Bertz CT molecular complexity index is 333. The Balaban J connectivity index is 3.14. The number of methoxy groups -OCH3 is 1. The number of rotatable bonds is 4. The van der Waals surface area contributed by atoms with Gasteiger partial charge in [0.2, 0.25) is 0 Å². The molecular formula is C12H20N2O. The van der Waals surface area contributed by atoms with Gasteiger partial charge in [-0.25, -0.2) is 0 Å². The fourth-order valence-electron chi connectivity index (χ4n) is 1.81.